The van der Waals surface area contributed by atoms with Gasteiger partial charge >= 0.3 is 0 Å². The number of imidazole rings is 1. The molecule has 174 valence electrons. The maximum Gasteiger partial charge on any atom is 0.211 e. The van der Waals surface area contributed by atoms with Gasteiger partial charge in [-0.2, -0.15) is 0 Å². The van der Waals surface area contributed by atoms with Gasteiger partial charge in [0.25, 0.3) is 0 Å². The van der Waals surface area contributed by atoms with Crippen LogP contribution in [0.2, 0.25) is 10.0 Å². The molecule has 10 heteroatoms. The van der Waals surface area contributed by atoms with Gasteiger partial charge in [0.05, 0.1) is 32.9 Å². The average Bonchev–Trinajstić information content (AvgIpc) is 3.43. The zero-order valence-corrected chi connectivity index (χ0v) is 20.7. The number of aromatic nitrogens is 4. The average molecular weight is 513 g/mol. The zero-order valence-electron chi connectivity index (χ0n) is 18.4. The van der Waals surface area contributed by atoms with Crippen LogP contribution in [0.3, 0.4) is 0 Å². The number of hydrogen-bond acceptors (Lipinski definition) is 7. The second-order valence-corrected chi connectivity index (χ2v) is 10.5. The van der Waals surface area contributed by atoms with Crippen LogP contribution in [-0.2, 0) is 0 Å². The molecule has 0 saturated carbocycles. The summed E-state index contributed by atoms with van der Waals surface area (Å²) >= 11 is 14.2. The van der Waals surface area contributed by atoms with Crippen molar-refractivity contribution >= 4 is 46.6 Å². The largest absolute Gasteiger partial charge is 0.483 e. The minimum absolute atomic E-state index is 0.156. The Hall–Kier alpha value is -2.52. The Morgan fingerprint density at radius 1 is 1.18 bits per heavy atom. The number of anilines is 1. The maximum atomic E-state index is 6.63. The molecule has 34 heavy (non-hydrogen) atoms. The number of piperidine rings is 1. The minimum Gasteiger partial charge on any atom is -0.483 e. The van der Waals surface area contributed by atoms with Crippen molar-refractivity contribution in [2.24, 2.45) is 5.73 Å². The minimum atomic E-state index is -0.399. The van der Waals surface area contributed by atoms with Gasteiger partial charge in [-0.1, -0.05) is 41.0 Å². The van der Waals surface area contributed by atoms with Gasteiger partial charge in [0.2, 0.25) is 5.95 Å². The summed E-state index contributed by atoms with van der Waals surface area (Å²) in [6, 6.07) is 7.43. The number of nitrogens with zero attached hydrogens (tertiary/aromatic N) is 5. The van der Waals surface area contributed by atoms with Gasteiger partial charge < -0.3 is 15.4 Å². The highest BCUT2D eigenvalue weighted by Crippen LogP contribution is 2.47. The van der Waals surface area contributed by atoms with Crippen LogP contribution in [0.4, 0.5) is 5.95 Å². The van der Waals surface area contributed by atoms with Crippen LogP contribution in [0.1, 0.15) is 30.1 Å². The molecule has 2 aliphatic heterocycles. The van der Waals surface area contributed by atoms with E-state index in [1.165, 1.54) is 11.8 Å². The van der Waals surface area contributed by atoms with E-state index in [0.29, 0.717) is 10.0 Å². The highest BCUT2D eigenvalue weighted by Gasteiger charge is 2.48. The molecule has 1 unspecified atom stereocenters. The normalized spacial score (nSPS) is 18.9. The number of halogens is 2. The van der Waals surface area contributed by atoms with Crippen LogP contribution >= 0.6 is 35.0 Å². The van der Waals surface area contributed by atoms with Crippen LogP contribution in [0, 0.1) is 6.92 Å². The van der Waals surface area contributed by atoms with Crippen molar-refractivity contribution in [1.29, 1.82) is 0 Å². The standard InChI is InChI=1S/C24H22Cl2N6OS/c1-14-20(34-18-4-2-3-16(25)19(18)26)22-29-9-12-32(22)23(30-14)31-10-6-24(7-11-31)21(27)15-5-8-28-13-17(15)33-24/h2-5,8-9,12-13,21H,6-7,10-11,27H2,1H3. The van der Waals surface area contributed by atoms with E-state index in [4.69, 9.17) is 38.7 Å². The molecule has 2 N–H and O–H groups in total. The van der Waals surface area contributed by atoms with Crippen molar-refractivity contribution in [1.82, 2.24) is 19.4 Å². The van der Waals surface area contributed by atoms with Gasteiger partial charge in [0, 0.05) is 55.0 Å². The molecule has 1 atom stereocenters. The second-order valence-electron chi connectivity index (χ2n) is 8.65. The predicted molar refractivity (Wildman–Crippen MR) is 134 cm³/mol. The number of pyridine rings is 1. The molecule has 0 radical (unpaired) electrons. The van der Waals surface area contributed by atoms with Crippen LogP contribution < -0.4 is 15.4 Å². The first-order chi connectivity index (χ1) is 16.5. The highest BCUT2D eigenvalue weighted by atomic mass is 35.5. The summed E-state index contributed by atoms with van der Waals surface area (Å²) in [7, 11) is 0. The fourth-order valence-electron chi connectivity index (χ4n) is 4.86. The fourth-order valence-corrected chi connectivity index (χ4v) is 6.34. The monoisotopic (exact) mass is 512 g/mol. The lowest BCUT2D eigenvalue weighted by molar-refractivity contribution is 0.0427. The van der Waals surface area contributed by atoms with E-state index in [2.05, 4.69) is 14.9 Å². The topological polar surface area (TPSA) is 81.6 Å². The molecule has 1 spiro atoms. The first-order valence-electron chi connectivity index (χ1n) is 11.1. The van der Waals surface area contributed by atoms with E-state index in [9.17, 15) is 0 Å². The third-order valence-corrected chi connectivity index (χ3v) is 8.88. The molecule has 2 aliphatic rings. The summed E-state index contributed by atoms with van der Waals surface area (Å²) in [5.74, 6) is 1.67. The van der Waals surface area contributed by atoms with Gasteiger partial charge in [-0.15, -0.1) is 0 Å². The van der Waals surface area contributed by atoms with Crippen molar-refractivity contribution in [3.63, 3.8) is 0 Å². The van der Waals surface area contributed by atoms with E-state index in [0.717, 1.165) is 64.3 Å². The smallest absolute Gasteiger partial charge is 0.211 e. The Kier molecular flexibility index (Phi) is 5.37. The molecule has 1 saturated heterocycles. The van der Waals surface area contributed by atoms with Crippen LogP contribution in [-0.4, -0.2) is 38.0 Å². The van der Waals surface area contributed by atoms with Crippen molar-refractivity contribution in [2.75, 3.05) is 18.0 Å². The number of rotatable bonds is 3. The van der Waals surface area contributed by atoms with Gasteiger partial charge in [-0.3, -0.25) is 9.38 Å². The van der Waals surface area contributed by atoms with Crippen LogP contribution in [0.15, 0.2) is 58.8 Å². The summed E-state index contributed by atoms with van der Waals surface area (Å²) < 4.78 is 8.40. The molecule has 3 aromatic heterocycles. The Morgan fingerprint density at radius 3 is 2.79 bits per heavy atom. The Morgan fingerprint density at radius 2 is 2.00 bits per heavy atom. The molecule has 7 nitrogen and oxygen atoms in total. The summed E-state index contributed by atoms with van der Waals surface area (Å²) in [6.45, 7) is 3.56. The van der Waals surface area contributed by atoms with E-state index in [-0.39, 0.29) is 6.04 Å². The van der Waals surface area contributed by atoms with E-state index in [1.54, 1.807) is 24.7 Å². The number of benzene rings is 1. The highest BCUT2D eigenvalue weighted by molar-refractivity contribution is 7.99. The third kappa shape index (κ3) is 3.43. The second kappa shape index (κ2) is 8.30. The lowest BCUT2D eigenvalue weighted by Gasteiger charge is -2.41. The summed E-state index contributed by atoms with van der Waals surface area (Å²) in [4.78, 5) is 17.9. The Bertz CT molecular complexity index is 1400. The van der Waals surface area contributed by atoms with E-state index >= 15 is 0 Å². The first kappa shape index (κ1) is 22.0. The maximum absolute atomic E-state index is 6.63. The lowest BCUT2D eigenvalue weighted by atomic mass is 9.83. The quantitative estimate of drug-likeness (QED) is 0.397. The summed E-state index contributed by atoms with van der Waals surface area (Å²) in [5, 5.41) is 1.06. The predicted octanol–water partition coefficient (Wildman–Crippen LogP) is 5.32. The third-order valence-electron chi connectivity index (χ3n) is 6.71. The van der Waals surface area contributed by atoms with E-state index in [1.807, 2.05) is 35.7 Å². The van der Waals surface area contributed by atoms with E-state index < -0.39 is 5.60 Å². The molecule has 0 amide bonds. The van der Waals surface area contributed by atoms with Crippen LogP contribution in [0.25, 0.3) is 5.65 Å². The molecular weight excluding hydrogens is 491 g/mol. The number of ether oxygens (including phenoxy) is 1. The molecule has 4 aromatic rings. The fraction of sp³-hybridized carbons (Fsp3) is 0.292. The molecule has 1 fully saturated rings. The lowest BCUT2D eigenvalue weighted by Crippen LogP contribution is -2.52. The Balaban J connectivity index is 1.29. The van der Waals surface area contributed by atoms with Gasteiger partial charge in [-0.25, -0.2) is 9.97 Å². The molecule has 6 rings (SSSR count). The van der Waals surface area contributed by atoms with Gasteiger partial charge in [0.1, 0.15) is 11.4 Å². The summed E-state index contributed by atoms with van der Waals surface area (Å²) in [5.41, 5.74) is 9.00. The molecule has 5 heterocycles. The number of nitrogens with two attached hydrogens (primary N) is 1. The van der Waals surface area contributed by atoms with Crippen molar-refractivity contribution in [3.8, 4) is 5.75 Å². The molecule has 0 aliphatic carbocycles. The van der Waals surface area contributed by atoms with Crippen LogP contribution in [0.5, 0.6) is 5.75 Å². The van der Waals surface area contributed by atoms with Crippen molar-refractivity contribution < 1.29 is 4.74 Å². The molecule has 1 aromatic carbocycles. The number of aryl methyl sites for hydroxylation is 1. The van der Waals surface area contributed by atoms with Crippen molar-refractivity contribution in [3.05, 3.63) is 70.4 Å². The molecular formula is C24H22Cl2N6OS. The molecule has 0 bridgehead atoms. The SMILES string of the molecule is Cc1nc(N2CCC3(CC2)Oc2cnccc2C3N)n2ccnc2c1Sc1cccc(Cl)c1Cl. The Labute approximate surface area is 211 Å². The van der Waals surface area contributed by atoms with Gasteiger partial charge in [-0.05, 0) is 25.1 Å². The van der Waals surface area contributed by atoms with Crippen molar-refractivity contribution in [2.45, 2.75) is 41.2 Å². The number of fused-ring (bicyclic) bond motifs is 2. The zero-order chi connectivity index (χ0) is 23.4. The number of hydrogen-bond donors (Lipinski definition) is 1. The van der Waals surface area contributed by atoms with Gasteiger partial charge in [0.15, 0.2) is 5.65 Å². The summed E-state index contributed by atoms with van der Waals surface area (Å²) in [6.07, 6.45) is 8.88. The first-order valence-corrected chi connectivity index (χ1v) is 12.6.